The number of anilines is 2. The first-order chi connectivity index (χ1) is 9.69. The van der Waals surface area contributed by atoms with E-state index in [1.807, 2.05) is 30.3 Å². The lowest BCUT2D eigenvalue weighted by Crippen LogP contribution is -2.22. The maximum absolute atomic E-state index is 11.1. The number of benzene rings is 1. The quantitative estimate of drug-likeness (QED) is 0.740. The summed E-state index contributed by atoms with van der Waals surface area (Å²) in [7, 11) is 0. The number of rotatable bonds is 4. The topological polar surface area (TPSA) is 119 Å². The van der Waals surface area contributed by atoms with Crippen molar-refractivity contribution in [2.75, 3.05) is 17.6 Å². The van der Waals surface area contributed by atoms with Crippen molar-refractivity contribution in [3.63, 3.8) is 0 Å². The Kier molecular flexibility index (Phi) is 8.69. The molecule has 0 aliphatic carbocycles. The van der Waals surface area contributed by atoms with Gasteiger partial charge in [-0.3, -0.25) is 4.79 Å². The number of aromatic nitrogens is 1. The molecule has 9 heteroatoms. The van der Waals surface area contributed by atoms with Crippen molar-refractivity contribution in [1.29, 1.82) is 0 Å². The average molecular weight is 343 g/mol. The maximum Gasteiger partial charge on any atom is 0.239 e. The molecule has 2 aromatic rings. The Labute approximate surface area is 140 Å². The lowest BCUT2D eigenvalue weighted by Gasteiger charge is -2.04. The molecule has 5 N–H and O–H groups in total. The van der Waals surface area contributed by atoms with Crippen LogP contribution in [0.15, 0.2) is 52.7 Å². The molecule has 0 unspecified atom stereocenters. The number of nitrogens with zero attached hydrogens (tertiary/aromatic N) is 3. The zero-order valence-corrected chi connectivity index (χ0v) is 13.1. The van der Waals surface area contributed by atoms with E-state index in [0.29, 0.717) is 17.2 Å². The van der Waals surface area contributed by atoms with Crippen LogP contribution >= 0.6 is 24.8 Å². The molecule has 1 aromatic heterocycles. The summed E-state index contributed by atoms with van der Waals surface area (Å²) >= 11 is 0. The predicted molar refractivity (Wildman–Crippen MR) is 91.4 cm³/mol. The van der Waals surface area contributed by atoms with Crippen molar-refractivity contribution >= 4 is 53.7 Å². The fourth-order valence-corrected chi connectivity index (χ4v) is 1.42. The largest absolute Gasteiger partial charge is 0.382 e. The number of amides is 1. The Hall–Kier alpha value is -2.22. The fourth-order valence-electron chi connectivity index (χ4n) is 1.42. The molecule has 0 saturated heterocycles. The number of azo groups is 1. The molecule has 1 aromatic carbocycles. The van der Waals surface area contributed by atoms with Gasteiger partial charge in [0, 0.05) is 0 Å². The van der Waals surface area contributed by atoms with Gasteiger partial charge in [-0.2, -0.15) is 5.11 Å². The van der Waals surface area contributed by atoms with Crippen LogP contribution in [0.2, 0.25) is 0 Å². The molecule has 1 heterocycles. The Bertz CT molecular complexity index is 636. The summed E-state index contributed by atoms with van der Waals surface area (Å²) < 4.78 is 0. The summed E-state index contributed by atoms with van der Waals surface area (Å²) in [6, 6.07) is 12.5. The van der Waals surface area contributed by atoms with Gasteiger partial charge in [0.1, 0.15) is 11.5 Å². The Morgan fingerprint density at radius 1 is 1.09 bits per heavy atom. The van der Waals surface area contributed by atoms with Crippen molar-refractivity contribution in [2.24, 2.45) is 16.0 Å². The first-order valence-electron chi connectivity index (χ1n) is 5.92. The van der Waals surface area contributed by atoms with Crippen molar-refractivity contribution in [2.45, 2.75) is 0 Å². The van der Waals surface area contributed by atoms with Gasteiger partial charge < -0.3 is 16.8 Å². The zero-order valence-electron chi connectivity index (χ0n) is 11.5. The molecule has 0 aliphatic heterocycles. The number of carbonyl (C=O) groups excluding carboxylic acids is 1. The number of nitrogens with two attached hydrogens (primary N) is 2. The van der Waals surface area contributed by atoms with Crippen LogP contribution in [0.5, 0.6) is 0 Å². The van der Waals surface area contributed by atoms with E-state index in [4.69, 9.17) is 11.5 Å². The number of nitrogens with one attached hydrogen (secondary N) is 1. The highest BCUT2D eigenvalue weighted by Gasteiger charge is 2.04. The molecule has 7 nitrogen and oxygen atoms in total. The van der Waals surface area contributed by atoms with E-state index in [0.717, 1.165) is 0 Å². The third-order valence-electron chi connectivity index (χ3n) is 2.38. The first-order valence-corrected chi connectivity index (χ1v) is 5.92. The maximum atomic E-state index is 11.1. The molecule has 0 saturated carbocycles. The van der Waals surface area contributed by atoms with Crippen LogP contribution in [0.3, 0.4) is 0 Å². The van der Waals surface area contributed by atoms with Gasteiger partial charge in [-0.25, -0.2) is 4.98 Å². The van der Waals surface area contributed by atoms with Crippen molar-refractivity contribution in [3.8, 4) is 0 Å². The van der Waals surface area contributed by atoms with E-state index in [1.54, 1.807) is 12.1 Å². The lowest BCUT2D eigenvalue weighted by atomic mass is 10.3. The van der Waals surface area contributed by atoms with Crippen molar-refractivity contribution in [3.05, 3.63) is 42.5 Å². The number of hydrogen-bond donors (Lipinski definition) is 3. The standard InChI is InChI=1S/C13H14N6O.2ClH/c14-8-12(20)16-11-7-6-10(13(15)17-11)19-18-9-4-2-1-3-5-9;;/h1-7H,8,14H2,(H3,15,16,17,20);2*1H. The highest BCUT2D eigenvalue weighted by atomic mass is 35.5. The third kappa shape index (κ3) is 5.65. The van der Waals surface area contributed by atoms with E-state index in [1.165, 1.54) is 0 Å². The minimum Gasteiger partial charge on any atom is -0.382 e. The first kappa shape index (κ1) is 19.8. The average Bonchev–Trinajstić information content (AvgIpc) is 2.47. The summed E-state index contributed by atoms with van der Waals surface area (Å²) in [6.45, 7) is -0.114. The third-order valence-corrected chi connectivity index (χ3v) is 2.38. The van der Waals surface area contributed by atoms with Crippen molar-refractivity contribution < 1.29 is 4.79 Å². The van der Waals surface area contributed by atoms with Crippen LogP contribution in [0.4, 0.5) is 23.0 Å². The van der Waals surface area contributed by atoms with Gasteiger partial charge in [0.2, 0.25) is 5.91 Å². The second kappa shape index (κ2) is 9.67. The molecule has 1 amide bonds. The predicted octanol–water partition coefficient (Wildman–Crippen LogP) is 2.82. The lowest BCUT2D eigenvalue weighted by molar-refractivity contribution is -0.114. The van der Waals surface area contributed by atoms with Gasteiger partial charge in [-0.05, 0) is 24.3 Å². The summed E-state index contributed by atoms with van der Waals surface area (Å²) in [5, 5.41) is 10.6. The van der Waals surface area contributed by atoms with Crippen LogP contribution in [-0.4, -0.2) is 17.4 Å². The molecule has 0 atom stereocenters. The number of carbonyl (C=O) groups is 1. The zero-order chi connectivity index (χ0) is 14.4. The molecule has 0 spiro atoms. The van der Waals surface area contributed by atoms with Gasteiger partial charge >= 0.3 is 0 Å². The summed E-state index contributed by atoms with van der Waals surface area (Å²) in [5.41, 5.74) is 12.1. The number of halogens is 2. The molecule has 0 fully saturated rings. The van der Waals surface area contributed by atoms with Crippen LogP contribution < -0.4 is 16.8 Å². The molecule has 22 heavy (non-hydrogen) atoms. The minimum atomic E-state index is -0.337. The second-order valence-corrected chi connectivity index (χ2v) is 3.89. The fraction of sp³-hybridized carbons (Fsp3) is 0.0769. The van der Waals surface area contributed by atoms with E-state index in [2.05, 4.69) is 20.5 Å². The summed E-state index contributed by atoms with van der Waals surface area (Å²) in [5.74, 6) is 0.173. The van der Waals surface area contributed by atoms with Gasteiger partial charge in [0.05, 0.1) is 12.2 Å². The van der Waals surface area contributed by atoms with E-state index in [-0.39, 0.29) is 43.1 Å². The molecular formula is C13H16Cl2N6O. The highest BCUT2D eigenvalue weighted by molar-refractivity contribution is 5.91. The molecule has 118 valence electrons. The normalized spacial score (nSPS) is 9.68. The van der Waals surface area contributed by atoms with E-state index >= 15 is 0 Å². The summed E-state index contributed by atoms with van der Waals surface area (Å²) in [4.78, 5) is 15.1. The smallest absolute Gasteiger partial charge is 0.239 e. The molecule has 0 radical (unpaired) electrons. The van der Waals surface area contributed by atoms with E-state index in [9.17, 15) is 4.79 Å². The van der Waals surface area contributed by atoms with Crippen LogP contribution in [-0.2, 0) is 4.79 Å². The Morgan fingerprint density at radius 3 is 2.36 bits per heavy atom. The molecule has 0 aliphatic rings. The Balaban J connectivity index is 0.00000220. The second-order valence-electron chi connectivity index (χ2n) is 3.89. The minimum absolute atomic E-state index is 0. The number of nitrogen functional groups attached to an aromatic ring is 1. The Morgan fingerprint density at radius 2 is 1.77 bits per heavy atom. The molecular weight excluding hydrogens is 327 g/mol. The number of hydrogen-bond acceptors (Lipinski definition) is 6. The molecule has 0 bridgehead atoms. The van der Waals surface area contributed by atoms with Gasteiger partial charge in [0.25, 0.3) is 0 Å². The van der Waals surface area contributed by atoms with Crippen LogP contribution in [0, 0.1) is 0 Å². The number of pyridine rings is 1. The van der Waals surface area contributed by atoms with Gasteiger partial charge in [0.15, 0.2) is 5.82 Å². The van der Waals surface area contributed by atoms with Crippen molar-refractivity contribution in [1.82, 2.24) is 4.98 Å². The van der Waals surface area contributed by atoms with E-state index < -0.39 is 0 Å². The summed E-state index contributed by atoms with van der Waals surface area (Å²) in [6.07, 6.45) is 0. The van der Waals surface area contributed by atoms with Crippen LogP contribution in [0.25, 0.3) is 0 Å². The van der Waals surface area contributed by atoms with Crippen LogP contribution in [0.1, 0.15) is 0 Å². The molecule has 2 rings (SSSR count). The monoisotopic (exact) mass is 342 g/mol. The van der Waals surface area contributed by atoms with Gasteiger partial charge in [-0.1, -0.05) is 18.2 Å². The van der Waals surface area contributed by atoms with Gasteiger partial charge in [-0.15, -0.1) is 29.9 Å². The highest BCUT2D eigenvalue weighted by Crippen LogP contribution is 2.24. The SMILES string of the molecule is Cl.Cl.NCC(=O)Nc1ccc(N=Nc2ccccc2)c(N)n1.